The molecule has 0 aliphatic heterocycles. The Morgan fingerprint density at radius 3 is 2.48 bits per heavy atom. The Kier molecular flexibility index (Phi) is 4.28. The van der Waals surface area contributed by atoms with E-state index in [2.05, 4.69) is 19.9 Å². The van der Waals surface area contributed by atoms with Crippen LogP contribution in [0.15, 0.2) is 11.6 Å². The van der Waals surface area contributed by atoms with Crippen LogP contribution in [0.5, 0.6) is 0 Å². The summed E-state index contributed by atoms with van der Waals surface area (Å²) in [7, 11) is 0. The highest BCUT2D eigenvalue weighted by atomic mass is 19.4. The van der Waals surface area contributed by atoms with Gasteiger partial charge in [0.15, 0.2) is 5.60 Å². The minimum absolute atomic E-state index is 0.0426. The Labute approximate surface area is 159 Å². The van der Waals surface area contributed by atoms with E-state index in [-0.39, 0.29) is 29.6 Å². The van der Waals surface area contributed by atoms with Crippen molar-refractivity contribution in [3.63, 3.8) is 0 Å². The molecule has 0 amide bonds. The molecule has 0 unspecified atom stereocenters. The summed E-state index contributed by atoms with van der Waals surface area (Å²) in [5.74, 6) is 1.51. The monoisotopic (exact) mass is 381 g/mol. The number of alkyl halides is 3. The minimum atomic E-state index is -4.53. The molecule has 0 saturated heterocycles. The van der Waals surface area contributed by atoms with Crippen LogP contribution in [0.25, 0.3) is 0 Å². The van der Waals surface area contributed by atoms with Crippen LogP contribution in [0.1, 0.15) is 71.6 Å². The van der Waals surface area contributed by atoms with Gasteiger partial charge in [0.2, 0.25) is 0 Å². The number of aliphatic hydroxyl groups is 1. The van der Waals surface area contributed by atoms with E-state index >= 15 is 0 Å². The van der Waals surface area contributed by atoms with E-state index in [1.165, 1.54) is 5.57 Å². The van der Waals surface area contributed by atoms with Crippen molar-refractivity contribution in [1.82, 2.24) is 0 Å². The molecule has 150 valence electrons. The molecule has 0 aromatic carbocycles. The number of rotatable bonds is 0. The first-order chi connectivity index (χ1) is 12.6. The van der Waals surface area contributed by atoms with Gasteiger partial charge >= 0.3 is 6.18 Å². The van der Waals surface area contributed by atoms with Crippen LogP contribution < -0.4 is 0 Å². The number of nitriles is 1. The lowest BCUT2D eigenvalue weighted by atomic mass is 9.44. The van der Waals surface area contributed by atoms with Crippen molar-refractivity contribution in [2.75, 3.05) is 0 Å². The summed E-state index contributed by atoms with van der Waals surface area (Å²) in [4.78, 5) is 0. The van der Waals surface area contributed by atoms with E-state index in [9.17, 15) is 18.3 Å². The predicted molar refractivity (Wildman–Crippen MR) is 96.4 cm³/mol. The van der Waals surface area contributed by atoms with Crippen molar-refractivity contribution in [3.05, 3.63) is 11.6 Å². The minimum Gasteiger partial charge on any atom is -0.380 e. The van der Waals surface area contributed by atoms with Crippen molar-refractivity contribution in [3.8, 4) is 6.07 Å². The fourth-order valence-corrected chi connectivity index (χ4v) is 7.67. The van der Waals surface area contributed by atoms with E-state index in [1.807, 2.05) is 0 Å². The Bertz CT molecular complexity index is 695. The van der Waals surface area contributed by atoms with Crippen molar-refractivity contribution >= 4 is 0 Å². The number of hydrogen-bond acceptors (Lipinski definition) is 2. The molecule has 1 N–H and O–H groups in total. The fourth-order valence-electron chi connectivity index (χ4n) is 7.67. The molecule has 27 heavy (non-hydrogen) atoms. The number of hydrogen-bond donors (Lipinski definition) is 1. The van der Waals surface area contributed by atoms with Crippen LogP contribution in [0.4, 0.5) is 13.2 Å². The average molecular weight is 381 g/mol. The maximum absolute atomic E-state index is 13.4. The van der Waals surface area contributed by atoms with E-state index in [4.69, 9.17) is 5.26 Å². The quantitative estimate of drug-likeness (QED) is 0.541. The molecule has 4 saturated carbocycles. The second kappa shape index (κ2) is 5.99. The molecule has 2 nitrogen and oxygen atoms in total. The van der Waals surface area contributed by atoms with Gasteiger partial charge in [0.05, 0.1) is 6.07 Å². The van der Waals surface area contributed by atoms with Crippen molar-refractivity contribution in [1.29, 1.82) is 5.26 Å². The van der Waals surface area contributed by atoms with Crippen LogP contribution in [0.2, 0.25) is 0 Å². The third-order valence-corrected chi connectivity index (χ3v) is 9.34. The standard InChI is InChI=1S/C22H30F3NO/c1-19-9-7-18-16(17(19)6-4-14(19)8-12-26)5-3-15-13-21(27,22(23,24)25)11-10-20(15,18)2/h8,15-18,27H,3-7,9-11,13H2,1-2H3/b14-8-/t15-,16-,17-,18-,19+,20-,21+/m0/s1. The topological polar surface area (TPSA) is 44.0 Å². The fraction of sp³-hybridized carbons (Fsp3) is 0.864. The largest absolute Gasteiger partial charge is 0.417 e. The highest BCUT2D eigenvalue weighted by Gasteiger charge is 2.64. The van der Waals surface area contributed by atoms with E-state index < -0.39 is 11.8 Å². The van der Waals surface area contributed by atoms with Crippen LogP contribution in [0.3, 0.4) is 0 Å². The van der Waals surface area contributed by atoms with E-state index in [0.29, 0.717) is 24.2 Å². The van der Waals surface area contributed by atoms with Gasteiger partial charge in [-0.05, 0) is 92.3 Å². The Morgan fingerprint density at radius 2 is 1.81 bits per heavy atom. The number of allylic oxidation sites excluding steroid dienone is 2. The molecule has 4 rings (SSSR count). The molecule has 7 atom stereocenters. The molecule has 4 fully saturated rings. The summed E-state index contributed by atoms with van der Waals surface area (Å²) in [6, 6.07) is 2.22. The van der Waals surface area contributed by atoms with Gasteiger partial charge in [-0.1, -0.05) is 19.4 Å². The van der Waals surface area contributed by atoms with Gasteiger partial charge in [0.25, 0.3) is 0 Å². The average Bonchev–Trinajstić information content (AvgIpc) is 2.92. The van der Waals surface area contributed by atoms with Crippen molar-refractivity contribution in [2.45, 2.75) is 83.4 Å². The van der Waals surface area contributed by atoms with Crippen molar-refractivity contribution < 1.29 is 18.3 Å². The molecule has 0 radical (unpaired) electrons. The highest BCUT2D eigenvalue weighted by molar-refractivity contribution is 5.28. The van der Waals surface area contributed by atoms with Crippen LogP contribution in [0, 0.1) is 45.8 Å². The summed E-state index contributed by atoms with van der Waals surface area (Å²) in [5.41, 5.74) is -1.20. The Morgan fingerprint density at radius 1 is 1.07 bits per heavy atom. The molecular weight excluding hydrogens is 351 g/mol. The molecule has 0 aromatic heterocycles. The summed E-state index contributed by atoms with van der Waals surface area (Å²) >= 11 is 0. The van der Waals surface area contributed by atoms with Gasteiger partial charge in [-0.3, -0.25) is 0 Å². The first kappa shape index (κ1) is 19.3. The lowest BCUT2D eigenvalue weighted by Crippen LogP contribution is -2.58. The van der Waals surface area contributed by atoms with Gasteiger partial charge in [0, 0.05) is 6.08 Å². The molecule has 5 heteroatoms. The van der Waals surface area contributed by atoms with Crippen LogP contribution >= 0.6 is 0 Å². The van der Waals surface area contributed by atoms with Crippen LogP contribution in [-0.2, 0) is 0 Å². The summed E-state index contributed by atoms with van der Waals surface area (Å²) in [6.45, 7) is 4.51. The van der Waals surface area contributed by atoms with Gasteiger partial charge in [-0.2, -0.15) is 18.4 Å². The predicted octanol–water partition coefficient (Wildman–Crippen LogP) is 5.77. The number of nitrogens with zero attached hydrogens (tertiary/aromatic N) is 1. The maximum Gasteiger partial charge on any atom is 0.417 e. The number of halogens is 3. The zero-order chi connectivity index (χ0) is 19.7. The normalized spacial score (nSPS) is 51.2. The summed E-state index contributed by atoms with van der Waals surface area (Å²) < 4.78 is 40.2. The Balaban J connectivity index is 1.60. The maximum atomic E-state index is 13.4. The Hall–Kier alpha value is -1.02. The lowest BCUT2D eigenvalue weighted by molar-refractivity contribution is -0.289. The smallest absolute Gasteiger partial charge is 0.380 e. The van der Waals surface area contributed by atoms with Gasteiger partial charge < -0.3 is 5.11 Å². The van der Waals surface area contributed by atoms with E-state index in [0.717, 1.165) is 38.5 Å². The van der Waals surface area contributed by atoms with E-state index in [1.54, 1.807) is 6.08 Å². The first-order valence-corrected chi connectivity index (χ1v) is 10.4. The third-order valence-electron chi connectivity index (χ3n) is 9.34. The van der Waals surface area contributed by atoms with Crippen LogP contribution in [-0.4, -0.2) is 16.9 Å². The zero-order valence-corrected chi connectivity index (χ0v) is 16.3. The molecule has 0 spiro atoms. The first-order valence-electron chi connectivity index (χ1n) is 10.4. The SMILES string of the molecule is C[C@]12CC[C@](O)(C(F)(F)F)C[C@@H]1CC[C@@H]1[C@@H]2CC[C@]2(C)/C(=C\C#N)CC[C@@H]12. The van der Waals surface area contributed by atoms with Gasteiger partial charge in [-0.15, -0.1) is 0 Å². The number of fused-ring (bicyclic) bond motifs is 5. The molecule has 0 bridgehead atoms. The lowest BCUT2D eigenvalue weighted by Gasteiger charge is -2.61. The molecule has 0 heterocycles. The summed E-state index contributed by atoms with van der Waals surface area (Å²) in [6.07, 6.45) is 3.35. The molecule has 4 aliphatic rings. The molecule has 0 aromatic rings. The second-order valence-corrected chi connectivity index (χ2v) is 10.2. The highest BCUT2D eigenvalue weighted by Crippen LogP contribution is 2.68. The van der Waals surface area contributed by atoms with Gasteiger partial charge in [0.1, 0.15) is 0 Å². The zero-order valence-electron chi connectivity index (χ0n) is 16.3. The molecule has 4 aliphatic carbocycles. The second-order valence-electron chi connectivity index (χ2n) is 10.2. The third kappa shape index (κ3) is 2.62. The summed E-state index contributed by atoms with van der Waals surface area (Å²) in [5, 5.41) is 19.4. The van der Waals surface area contributed by atoms with Crippen molar-refractivity contribution in [2.24, 2.45) is 34.5 Å². The molecular formula is C22H30F3NO. The van der Waals surface area contributed by atoms with Gasteiger partial charge in [-0.25, -0.2) is 0 Å².